The minimum atomic E-state index is -3.89. The van der Waals surface area contributed by atoms with Gasteiger partial charge in [0.25, 0.3) is 0 Å². The minimum absolute atomic E-state index is 0.224. The zero-order chi connectivity index (χ0) is 14.7. The Kier molecular flexibility index (Phi) is 4.89. The number of hydrogen-bond acceptors (Lipinski definition) is 4. The zero-order valence-corrected chi connectivity index (χ0v) is 11.9. The van der Waals surface area contributed by atoms with E-state index in [2.05, 4.69) is 5.32 Å². The highest BCUT2D eigenvalue weighted by Crippen LogP contribution is 2.25. The van der Waals surface area contributed by atoms with Gasteiger partial charge in [-0.25, -0.2) is 17.9 Å². The molecule has 0 unspecified atom stereocenters. The first-order chi connectivity index (χ1) is 8.78. The molecule has 0 amide bonds. The number of benzene rings is 1. The minimum Gasteiger partial charge on any atom is -0.376 e. The Hall–Kier alpha value is -1.18. The predicted octanol–water partition coefficient (Wildman–Crippen LogP) is 1.40. The normalized spacial score (nSPS) is 12.5. The van der Waals surface area contributed by atoms with Gasteiger partial charge in [0, 0.05) is 12.1 Å². The van der Waals surface area contributed by atoms with Crippen molar-refractivity contribution in [3.05, 3.63) is 24.0 Å². The van der Waals surface area contributed by atoms with Crippen LogP contribution in [0.25, 0.3) is 0 Å². The van der Waals surface area contributed by atoms with E-state index < -0.39 is 21.4 Å². The van der Waals surface area contributed by atoms with Crippen LogP contribution in [-0.2, 0) is 10.0 Å². The third-order valence-corrected chi connectivity index (χ3v) is 4.32. The number of primary sulfonamides is 1. The van der Waals surface area contributed by atoms with E-state index in [1.165, 1.54) is 12.1 Å². The molecule has 0 spiro atoms. The molecule has 1 rings (SSSR count). The fourth-order valence-corrected chi connectivity index (χ4v) is 2.35. The Balaban J connectivity index is 3.11. The average Bonchev–Trinajstić information content (AvgIpc) is 2.37. The molecule has 1 aromatic carbocycles. The van der Waals surface area contributed by atoms with Crippen molar-refractivity contribution >= 4 is 15.7 Å². The summed E-state index contributed by atoms with van der Waals surface area (Å²) in [5.41, 5.74) is 5.55. The van der Waals surface area contributed by atoms with E-state index >= 15 is 0 Å². The van der Waals surface area contributed by atoms with Crippen molar-refractivity contribution in [1.82, 2.24) is 0 Å². The maximum Gasteiger partial charge on any atom is 0.238 e. The lowest BCUT2D eigenvalue weighted by Gasteiger charge is -2.32. The molecule has 19 heavy (non-hydrogen) atoms. The molecule has 7 heteroatoms. The van der Waals surface area contributed by atoms with Crippen molar-refractivity contribution in [2.24, 2.45) is 10.9 Å². The molecule has 0 fully saturated rings. The van der Waals surface area contributed by atoms with Gasteiger partial charge in [0.1, 0.15) is 5.82 Å². The van der Waals surface area contributed by atoms with Gasteiger partial charge >= 0.3 is 0 Å². The molecule has 0 radical (unpaired) electrons. The van der Waals surface area contributed by atoms with E-state index in [1.54, 1.807) is 0 Å². The molecule has 0 aromatic heterocycles. The van der Waals surface area contributed by atoms with Gasteiger partial charge in [0.15, 0.2) is 0 Å². The third-order valence-electron chi connectivity index (χ3n) is 3.41. The molecule has 0 heterocycles. The molecule has 108 valence electrons. The van der Waals surface area contributed by atoms with Crippen LogP contribution in [0.15, 0.2) is 23.1 Å². The molecule has 0 aliphatic heterocycles. The topological polar surface area (TPSA) is 98.2 Å². The van der Waals surface area contributed by atoms with Crippen LogP contribution in [0, 0.1) is 5.82 Å². The number of hydrogen-bond donors (Lipinski definition) is 3. The fourth-order valence-electron chi connectivity index (χ4n) is 1.83. The molecule has 0 atom stereocenters. The van der Waals surface area contributed by atoms with E-state index in [-0.39, 0.29) is 10.6 Å². The fraction of sp³-hybridized carbons (Fsp3) is 0.500. The summed E-state index contributed by atoms with van der Waals surface area (Å²) in [6.45, 7) is 4.27. The van der Waals surface area contributed by atoms with Crippen molar-refractivity contribution in [1.29, 1.82) is 0 Å². The largest absolute Gasteiger partial charge is 0.376 e. The van der Waals surface area contributed by atoms with Gasteiger partial charge in [-0.2, -0.15) is 0 Å². The van der Waals surface area contributed by atoms with Gasteiger partial charge in [-0.05, 0) is 31.0 Å². The zero-order valence-electron chi connectivity index (χ0n) is 11.1. The molecule has 0 bridgehead atoms. The summed E-state index contributed by atoms with van der Waals surface area (Å²) in [5, 5.41) is 8.00. The molecule has 0 saturated carbocycles. The van der Waals surface area contributed by atoms with Crippen molar-refractivity contribution in [3.63, 3.8) is 0 Å². The number of nitrogens with two attached hydrogens (primary N) is 2. The van der Waals surface area contributed by atoms with E-state index in [4.69, 9.17) is 10.9 Å². The number of rotatable bonds is 6. The van der Waals surface area contributed by atoms with Gasteiger partial charge in [-0.3, -0.25) is 0 Å². The van der Waals surface area contributed by atoms with Crippen LogP contribution in [0.2, 0.25) is 0 Å². The Morgan fingerprint density at radius 2 is 1.89 bits per heavy atom. The predicted molar refractivity (Wildman–Crippen MR) is 73.8 cm³/mol. The first-order valence-corrected chi connectivity index (χ1v) is 7.63. The summed E-state index contributed by atoms with van der Waals surface area (Å²) in [4.78, 5) is -0.248. The van der Waals surface area contributed by atoms with Crippen LogP contribution in [-0.4, -0.2) is 20.5 Å². The van der Waals surface area contributed by atoms with Crippen LogP contribution < -0.4 is 16.2 Å². The van der Waals surface area contributed by atoms with E-state index in [0.29, 0.717) is 6.54 Å². The summed E-state index contributed by atoms with van der Waals surface area (Å²) in [6, 6.07) is 3.54. The first-order valence-electron chi connectivity index (χ1n) is 6.08. The van der Waals surface area contributed by atoms with E-state index in [9.17, 15) is 12.8 Å². The molecule has 1 aromatic rings. The first kappa shape index (κ1) is 15.9. The second-order valence-electron chi connectivity index (χ2n) is 4.50. The molecule has 5 nitrogen and oxygen atoms in total. The van der Waals surface area contributed by atoms with Crippen molar-refractivity contribution < 1.29 is 12.8 Å². The average molecular weight is 289 g/mol. The summed E-state index contributed by atoms with van der Waals surface area (Å²) in [6.07, 6.45) is 1.47. The highest BCUT2D eigenvalue weighted by molar-refractivity contribution is 7.89. The van der Waals surface area contributed by atoms with Gasteiger partial charge in [-0.1, -0.05) is 13.8 Å². The summed E-state index contributed by atoms with van der Waals surface area (Å²) < 4.78 is 36.1. The molecule has 0 aliphatic rings. The summed E-state index contributed by atoms with van der Waals surface area (Å²) >= 11 is 0. The lowest BCUT2D eigenvalue weighted by molar-refractivity contribution is 0.442. The van der Waals surface area contributed by atoms with Gasteiger partial charge in [0.2, 0.25) is 10.0 Å². The standard InChI is InChI=1S/C12H20FN3O2S/c1-3-12(4-2,8-14)16-11-6-5-9(7-10(11)13)19(15,17)18/h5-7,16H,3-4,8,14H2,1-2H3,(H2,15,17,18). The van der Waals surface area contributed by atoms with Crippen molar-refractivity contribution in [2.75, 3.05) is 11.9 Å². The van der Waals surface area contributed by atoms with E-state index in [1.807, 2.05) is 13.8 Å². The third kappa shape index (κ3) is 3.65. The number of halogens is 1. The highest BCUT2D eigenvalue weighted by atomic mass is 32.2. The Morgan fingerprint density at radius 3 is 2.26 bits per heavy atom. The smallest absolute Gasteiger partial charge is 0.238 e. The Labute approximate surface area is 113 Å². The highest BCUT2D eigenvalue weighted by Gasteiger charge is 2.25. The lowest BCUT2D eigenvalue weighted by Crippen LogP contribution is -2.44. The van der Waals surface area contributed by atoms with Crippen LogP contribution in [0.3, 0.4) is 0 Å². The quantitative estimate of drug-likeness (QED) is 0.737. The second kappa shape index (κ2) is 5.85. The van der Waals surface area contributed by atoms with Crippen LogP contribution in [0.5, 0.6) is 0 Å². The summed E-state index contributed by atoms with van der Waals surface area (Å²) in [7, 11) is -3.89. The maximum atomic E-state index is 13.9. The molecular weight excluding hydrogens is 269 g/mol. The monoisotopic (exact) mass is 289 g/mol. The molecule has 5 N–H and O–H groups in total. The van der Waals surface area contributed by atoms with Crippen molar-refractivity contribution in [2.45, 2.75) is 37.1 Å². The van der Waals surface area contributed by atoms with Crippen LogP contribution in [0.4, 0.5) is 10.1 Å². The molecule has 0 aliphatic carbocycles. The maximum absolute atomic E-state index is 13.9. The Morgan fingerprint density at radius 1 is 1.32 bits per heavy atom. The van der Waals surface area contributed by atoms with Gasteiger partial charge < -0.3 is 11.1 Å². The van der Waals surface area contributed by atoms with Crippen LogP contribution >= 0.6 is 0 Å². The Bertz CT molecular complexity index is 534. The van der Waals surface area contributed by atoms with Gasteiger partial charge in [-0.15, -0.1) is 0 Å². The van der Waals surface area contributed by atoms with Crippen LogP contribution in [0.1, 0.15) is 26.7 Å². The second-order valence-corrected chi connectivity index (χ2v) is 6.06. The number of anilines is 1. The van der Waals surface area contributed by atoms with Crippen molar-refractivity contribution in [3.8, 4) is 0 Å². The van der Waals surface area contributed by atoms with Gasteiger partial charge in [0.05, 0.1) is 10.6 Å². The summed E-state index contributed by atoms with van der Waals surface area (Å²) in [5.74, 6) is -0.661. The molecular formula is C12H20FN3O2S. The SMILES string of the molecule is CCC(CC)(CN)Nc1ccc(S(N)(=O)=O)cc1F. The van der Waals surface area contributed by atoms with E-state index in [0.717, 1.165) is 18.9 Å². The lowest BCUT2D eigenvalue weighted by atomic mass is 9.92. The number of sulfonamides is 1. The number of nitrogens with one attached hydrogen (secondary N) is 1. The molecule has 0 saturated heterocycles.